The second kappa shape index (κ2) is 11.4. The number of nitrogens with one attached hydrogen (secondary N) is 2. The largest absolute Gasteiger partial charge is 0.444 e. The van der Waals surface area contributed by atoms with Crippen LogP contribution in [0.5, 0.6) is 0 Å². The number of thioether (sulfide) groups is 1. The molecular weight excluding hydrogens is 452 g/mol. The number of aryl methyl sites for hydroxylation is 1. The number of carbonyl (C=O) groups excluding carboxylic acids is 2. The van der Waals surface area contributed by atoms with Gasteiger partial charge in [-0.05, 0) is 52.4 Å². The Labute approximate surface area is 204 Å². The number of amides is 2. The number of anilines is 1. The first-order chi connectivity index (χ1) is 16.2. The summed E-state index contributed by atoms with van der Waals surface area (Å²) in [6.07, 6.45) is 3.56. The van der Waals surface area contributed by atoms with Crippen LogP contribution < -0.4 is 16.4 Å². The molecule has 3 rings (SSSR count). The minimum atomic E-state index is -0.705. The molecule has 0 aliphatic rings. The molecule has 2 aromatic heterocycles. The average Bonchev–Trinajstić information content (AvgIpc) is 3.20. The number of carbonyl (C=O) groups is 2. The minimum Gasteiger partial charge on any atom is -0.444 e. The number of alkyl carbamates (subject to hydrolysis) is 1. The maximum absolute atomic E-state index is 12.8. The Kier molecular flexibility index (Phi) is 8.60. The van der Waals surface area contributed by atoms with Gasteiger partial charge in [-0.1, -0.05) is 18.2 Å². The molecule has 4 N–H and O–H groups in total. The monoisotopic (exact) mass is 484 g/mol. The van der Waals surface area contributed by atoms with Crippen LogP contribution in [-0.4, -0.2) is 56.2 Å². The fourth-order valence-corrected chi connectivity index (χ4v) is 4.23. The van der Waals surface area contributed by atoms with E-state index in [9.17, 15) is 9.59 Å². The Morgan fingerprint density at radius 2 is 2.09 bits per heavy atom. The van der Waals surface area contributed by atoms with E-state index >= 15 is 0 Å². The minimum absolute atomic E-state index is 0.253. The second-order valence-electron chi connectivity index (χ2n) is 8.82. The number of nitrogens with two attached hydrogens (primary N) is 1. The zero-order valence-electron chi connectivity index (χ0n) is 19.8. The van der Waals surface area contributed by atoms with E-state index in [2.05, 4.69) is 27.5 Å². The van der Waals surface area contributed by atoms with Gasteiger partial charge in [0.1, 0.15) is 17.2 Å². The molecule has 0 aliphatic carbocycles. The summed E-state index contributed by atoms with van der Waals surface area (Å²) in [5.41, 5.74) is 7.87. The van der Waals surface area contributed by atoms with E-state index in [1.54, 1.807) is 33.5 Å². The SMILES string of the molecule is [CH2][CH]CSC[C@H](NC(=O)OC(C)(C)C)C(=O)NCCCn1cnc2c(N)nc3ccccc3c21. The highest BCUT2D eigenvalue weighted by molar-refractivity contribution is 7.99. The quantitative estimate of drug-likeness (QED) is 0.377. The lowest BCUT2D eigenvalue weighted by molar-refractivity contribution is -0.122. The summed E-state index contributed by atoms with van der Waals surface area (Å²) < 4.78 is 7.33. The summed E-state index contributed by atoms with van der Waals surface area (Å²) in [6.45, 7) is 10.1. The van der Waals surface area contributed by atoms with E-state index in [1.165, 1.54) is 11.8 Å². The van der Waals surface area contributed by atoms with E-state index in [0.717, 1.165) is 16.4 Å². The van der Waals surface area contributed by atoms with Gasteiger partial charge in [-0.2, -0.15) is 11.8 Å². The lowest BCUT2D eigenvalue weighted by atomic mass is 10.2. The lowest BCUT2D eigenvalue weighted by Crippen LogP contribution is -2.49. The smallest absolute Gasteiger partial charge is 0.408 e. The number of aromatic nitrogens is 3. The highest BCUT2D eigenvalue weighted by Crippen LogP contribution is 2.27. The van der Waals surface area contributed by atoms with Gasteiger partial charge in [0.25, 0.3) is 0 Å². The van der Waals surface area contributed by atoms with Crippen molar-refractivity contribution in [3.8, 4) is 0 Å². The van der Waals surface area contributed by atoms with Crippen molar-refractivity contribution < 1.29 is 14.3 Å². The number of para-hydroxylation sites is 1. The van der Waals surface area contributed by atoms with Gasteiger partial charge in [0.05, 0.1) is 17.4 Å². The van der Waals surface area contributed by atoms with Crippen LogP contribution in [-0.2, 0) is 16.1 Å². The lowest BCUT2D eigenvalue weighted by Gasteiger charge is -2.23. The molecule has 2 radical (unpaired) electrons. The van der Waals surface area contributed by atoms with Crippen LogP contribution in [0.3, 0.4) is 0 Å². The van der Waals surface area contributed by atoms with Crippen molar-refractivity contribution in [1.29, 1.82) is 0 Å². The predicted molar refractivity (Wildman–Crippen MR) is 137 cm³/mol. The summed E-state index contributed by atoms with van der Waals surface area (Å²) in [6, 6.07) is 7.09. The van der Waals surface area contributed by atoms with Crippen molar-refractivity contribution in [2.45, 2.75) is 45.4 Å². The van der Waals surface area contributed by atoms with Crippen molar-refractivity contribution in [2.24, 2.45) is 0 Å². The third-order valence-electron chi connectivity index (χ3n) is 4.88. The summed E-state index contributed by atoms with van der Waals surface area (Å²) in [4.78, 5) is 33.8. The molecule has 0 saturated heterocycles. The number of imidazole rings is 1. The molecule has 9 nitrogen and oxygen atoms in total. The van der Waals surface area contributed by atoms with Gasteiger partial charge < -0.3 is 25.7 Å². The van der Waals surface area contributed by atoms with Gasteiger partial charge in [0.15, 0.2) is 5.82 Å². The molecule has 3 aromatic rings. The van der Waals surface area contributed by atoms with E-state index < -0.39 is 17.7 Å². The number of rotatable bonds is 10. The number of hydrogen-bond acceptors (Lipinski definition) is 7. The predicted octanol–water partition coefficient (Wildman–Crippen LogP) is 3.34. The third kappa shape index (κ3) is 6.75. The van der Waals surface area contributed by atoms with E-state index in [0.29, 0.717) is 42.4 Å². The molecule has 34 heavy (non-hydrogen) atoms. The normalized spacial score (nSPS) is 12.6. The molecule has 10 heteroatoms. The van der Waals surface area contributed by atoms with Gasteiger partial charge in [-0.3, -0.25) is 4.79 Å². The molecule has 182 valence electrons. The topological polar surface area (TPSA) is 124 Å². The van der Waals surface area contributed by atoms with Gasteiger partial charge in [-0.15, -0.1) is 0 Å². The molecule has 1 atom stereocenters. The standard InChI is InChI=1S/C24H32N6O3S/c1-5-13-34-14-18(29-23(32)33-24(2,3)4)22(31)26-11-8-12-30-15-27-19-20(30)16-9-6-7-10-17(16)28-21(19)25/h5-7,9-10,15,18H,1,8,11-14H2,2-4H3,(H2,25,28)(H,26,31)(H,29,32)/t18-/m0/s1. The fourth-order valence-electron chi connectivity index (χ4n) is 3.46. The van der Waals surface area contributed by atoms with E-state index in [4.69, 9.17) is 10.5 Å². The molecule has 2 heterocycles. The molecular formula is C24H32N6O3S. The second-order valence-corrected chi connectivity index (χ2v) is 9.89. The van der Waals surface area contributed by atoms with Crippen LogP contribution in [0.25, 0.3) is 21.9 Å². The Bertz CT molecular complexity index is 1140. The van der Waals surface area contributed by atoms with Gasteiger partial charge in [0.2, 0.25) is 5.91 Å². The molecule has 0 saturated carbocycles. The van der Waals surface area contributed by atoms with E-state index in [-0.39, 0.29) is 5.91 Å². The van der Waals surface area contributed by atoms with Crippen molar-refractivity contribution in [2.75, 3.05) is 23.8 Å². The Balaban J connectivity index is 1.60. The van der Waals surface area contributed by atoms with Crippen molar-refractivity contribution in [1.82, 2.24) is 25.2 Å². The van der Waals surface area contributed by atoms with Gasteiger partial charge in [-0.25, -0.2) is 14.8 Å². The number of fused-ring (bicyclic) bond motifs is 3. The number of pyridine rings is 1. The number of nitrogens with zero attached hydrogens (tertiary/aromatic N) is 3. The van der Waals surface area contributed by atoms with Crippen LogP contribution in [0, 0.1) is 13.3 Å². The highest BCUT2D eigenvalue weighted by Gasteiger charge is 2.24. The first-order valence-electron chi connectivity index (χ1n) is 11.1. The molecule has 0 bridgehead atoms. The number of nitrogen functional groups attached to an aromatic ring is 1. The average molecular weight is 485 g/mol. The zero-order valence-corrected chi connectivity index (χ0v) is 20.7. The van der Waals surface area contributed by atoms with Crippen LogP contribution in [0.15, 0.2) is 30.6 Å². The summed E-state index contributed by atoms with van der Waals surface area (Å²) >= 11 is 1.51. The molecule has 2 amide bonds. The van der Waals surface area contributed by atoms with Gasteiger partial charge >= 0.3 is 6.09 Å². The maximum Gasteiger partial charge on any atom is 0.408 e. The Morgan fingerprint density at radius 1 is 1.32 bits per heavy atom. The molecule has 0 fully saturated rings. The third-order valence-corrected chi connectivity index (χ3v) is 5.92. The fraction of sp³-hybridized carbons (Fsp3) is 0.417. The van der Waals surface area contributed by atoms with Crippen LogP contribution >= 0.6 is 11.8 Å². The molecule has 0 unspecified atom stereocenters. The first kappa shape index (κ1) is 25.6. The first-order valence-corrected chi connectivity index (χ1v) is 12.3. The maximum atomic E-state index is 12.8. The Morgan fingerprint density at radius 3 is 2.82 bits per heavy atom. The number of benzene rings is 1. The highest BCUT2D eigenvalue weighted by atomic mass is 32.2. The summed E-state index contributed by atoms with van der Waals surface area (Å²) in [5.74, 6) is 1.24. The van der Waals surface area contributed by atoms with Crippen molar-refractivity contribution in [3.63, 3.8) is 0 Å². The molecule has 1 aromatic carbocycles. The Hall–Kier alpha value is -3.01. The molecule has 0 aliphatic heterocycles. The van der Waals surface area contributed by atoms with Crippen molar-refractivity contribution in [3.05, 3.63) is 43.9 Å². The molecule has 0 spiro atoms. The van der Waals surface area contributed by atoms with Crippen LogP contribution in [0.1, 0.15) is 27.2 Å². The van der Waals surface area contributed by atoms with Crippen LogP contribution in [0.2, 0.25) is 0 Å². The summed E-state index contributed by atoms with van der Waals surface area (Å²) in [7, 11) is 0. The van der Waals surface area contributed by atoms with Crippen molar-refractivity contribution >= 4 is 51.5 Å². The van der Waals surface area contributed by atoms with Gasteiger partial charge in [0, 0.05) is 24.2 Å². The number of ether oxygens (including phenoxy) is 1. The summed E-state index contributed by atoms with van der Waals surface area (Å²) in [5, 5.41) is 6.57. The zero-order chi connectivity index (χ0) is 24.7. The van der Waals surface area contributed by atoms with E-state index in [1.807, 2.05) is 28.8 Å². The number of hydrogen-bond donors (Lipinski definition) is 3. The van der Waals surface area contributed by atoms with Crippen LogP contribution in [0.4, 0.5) is 10.6 Å².